The summed E-state index contributed by atoms with van der Waals surface area (Å²) < 4.78 is 2.05. The Morgan fingerprint density at radius 2 is 2.17 bits per heavy atom. The van der Waals surface area contributed by atoms with Crippen LogP contribution < -0.4 is 10.6 Å². The molecule has 0 bridgehead atoms. The first-order valence-corrected chi connectivity index (χ1v) is 8.92. The summed E-state index contributed by atoms with van der Waals surface area (Å²) in [6, 6.07) is 0.171. The van der Waals surface area contributed by atoms with Gasteiger partial charge in [0.15, 0.2) is 0 Å². The van der Waals surface area contributed by atoms with Crippen LogP contribution >= 0.6 is 12.4 Å². The standard InChI is InChI=1S/C17H29N5O.ClH/c1-21-9-8-19-17(21)15-12-18-7-10-22(15)13-16(23)20-11-14-5-3-2-4-6-14;/h8-9,14-15,18H,2-7,10-13H2,1H3,(H,20,23);1H. The van der Waals surface area contributed by atoms with E-state index >= 15 is 0 Å². The third kappa shape index (κ3) is 4.94. The number of nitrogens with one attached hydrogen (secondary N) is 2. The van der Waals surface area contributed by atoms with Crippen LogP contribution in [0.1, 0.15) is 44.0 Å². The average Bonchev–Trinajstić information content (AvgIpc) is 3.00. The first-order valence-electron chi connectivity index (χ1n) is 8.92. The fourth-order valence-electron chi connectivity index (χ4n) is 3.78. The molecule has 0 radical (unpaired) electrons. The molecule has 7 heteroatoms. The van der Waals surface area contributed by atoms with E-state index in [0.29, 0.717) is 12.5 Å². The molecule has 1 saturated carbocycles. The van der Waals surface area contributed by atoms with Crippen LogP contribution in [0.3, 0.4) is 0 Å². The number of hydrogen-bond donors (Lipinski definition) is 2. The van der Waals surface area contributed by atoms with E-state index in [4.69, 9.17) is 0 Å². The van der Waals surface area contributed by atoms with Gasteiger partial charge in [0.05, 0.1) is 12.6 Å². The highest BCUT2D eigenvalue weighted by Gasteiger charge is 2.28. The van der Waals surface area contributed by atoms with Gasteiger partial charge in [-0.3, -0.25) is 9.69 Å². The van der Waals surface area contributed by atoms with Crippen molar-refractivity contribution in [3.8, 4) is 0 Å². The van der Waals surface area contributed by atoms with Gasteiger partial charge in [0.2, 0.25) is 5.91 Å². The Kier molecular flexibility index (Phi) is 7.52. The van der Waals surface area contributed by atoms with Gasteiger partial charge in [-0.2, -0.15) is 0 Å². The molecule has 6 nitrogen and oxygen atoms in total. The number of aromatic nitrogens is 2. The molecule has 1 saturated heterocycles. The second kappa shape index (κ2) is 9.39. The smallest absolute Gasteiger partial charge is 0.234 e. The Bertz CT molecular complexity index is 515. The average molecular weight is 356 g/mol. The molecule has 2 fully saturated rings. The first kappa shape index (κ1) is 19.2. The lowest BCUT2D eigenvalue weighted by Crippen LogP contribution is -2.50. The van der Waals surface area contributed by atoms with Crippen LogP contribution in [0.15, 0.2) is 12.4 Å². The monoisotopic (exact) mass is 355 g/mol. The van der Waals surface area contributed by atoms with Gasteiger partial charge in [-0.05, 0) is 18.8 Å². The number of halogens is 1. The SMILES string of the molecule is Cl.Cn1ccnc1C1CNCCN1CC(=O)NCC1CCCCC1. The van der Waals surface area contributed by atoms with Crippen molar-refractivity contribution in [2.45, 2.75) is 38.1 Å². The van der Waals surface area contributed by atoms with Crippen LogP contribution in [0.2, 0.25) is 0 Å². The molecule has 2 N–H and O–H groups in total. The molecule has 3 rings (SSSR count). The maximum Gasteiger partial charge on any atom is 0.234 e. The molecule has 1 amide bonds. The zero-order valence-electron chi connectivity index (χ0n) is 14.5. The molecule has 1 aliphatic carbocycles. The van der Waals surface area contributed by atoms with E-state index in [2.05, 4.69) is 20.5 Å². The molecule has 0 aromatic carbocycles. The van der Waals surface area contributed by atoms with Crippen molar-refractivity contribution >= 4 is 18.3 Å². The first-order chi connectivity index (χ1) is 11.2. The van der Waals surface area contributed by atoms with Crippen molar-refractivity contribution in [2.24, 2.45) is 13.0 Å². The predicted molar refractivity (Wildman–Crippen MR) is 97.2 cm³/mol. The number of imidazole rings is 1. The Hall–Kier alpha value is -1.11. The minimum absolute atomic E-state index is 0. The Morgan fingerprint density at radius 3 is 2.88 bits per heavy atom. The fraction of sp³-hybridized carbons (Fsp3) is 0.765. The number of amides is 1. The number of hydrogen-bond acceptors (Lipinski definition) is 4. The molecule has 1 aromatic heterocycles. The minimum atomic E-state index is 0. The van der Waals surface area contributed by atoms with Gasteiger partial charge >= 0.3 is 0 Å². The lowest BCUT2D eigenvalue weighted by atomic mass is 9.89. The van der Waals surface area contributed by atoms with E-state index in [9.17, 15) is 4.79 Å². The molecule has 0 spiro atoms. The maximum absolute atomic E-state index is 12.4. The van der Waals surface area contributed by atoms with E-state index in [0.717, 1.165) is 32.0 Å². The van der Waals surface area contributed by atoms with Gasteiger partial charge < -0.3 is 15.2 Å². The molecule has 136 valence electrons. The van der Waals surface area contributed by atoms with Crippen molar-refractivity contribution in [3.63, 3.8) is 0 Å². The van der Waals surface area contributed by atoms with E-state index in [1.54, 1.807) is 0 Å². The van der Waals surface area contributed by atoms with Gasteiger partial charge in [0.1, 0.15) is 5.82 Å². The number of carbonyl (C=O) groups excluding carboxylic acids is 1. The van der Waals surface area contributed by atoms with Crippen molar-refractivity contribution < 1.29 is 4.79 Å². The highest BCUT2D eigenvalue weighted by atomic mass is 35.5. The third-order valence-electron chi connectivity index (χ3n) is 5.17. The van der Waals surface area contributed by atoms with E-state index in [1.807, 2.05) is 24.0 Å². The van der Waals surface area contributed by atoms with E-state index < -0.39 is 0 Å². The Labute approximate surface area is 150 Å². The van der Waals surface area contributed by atoms with Gasteiger partial charge in [-0.25, -0.2) is 4.98 Å². The molecule has 24 heavy (non-hydrogen) atoms. The number of rotatable bonds is 5. The molecular formula is C17H30ClN5O. The van der Waals surface area contributed by atoms with Gasteiger partial charge in [-0.1, -0.05) is 19.3 Å². The van der Waals surface area contributed by atoms with Crippen molar-refractivity contribution in [1.82, 2.24) is 25.1 Å². The topological polar surface area (TPSA) is 62.2 Å². The van der Waals surface area contributed by atoms with Crippen LogP contribution in [0, 0.1) is 5.92 Å². The Balaban J connectivity index is 0.00000208. The lowest BCUT2D eigenvalue weighted by molar-refractivity contribution is -0.123. The van der Waals surface area contributed by atoms with Crippen LogP contribution in [-0.4, -0.2) is 53.1 Å². The third-order valence-corrected chi connectivity index (χ3v) is 5.17. The van der Waals surface area contributed by atoms with Crippen LogP contribution in [-0.2, 0) is 11.8 Å². The Morgan fingerprint density at radius 1 is 1.38 bits per heavy atom. The summed E-state index contributed by atoms with van der Waals surface area (Å²) in [6.45, 7) is 3.97. The molecular weight excluding hydrogens is 326 g/mol. The molecule has 1 aromatic rings. The highest BCUT2D eigenvalue weighted by molar-refractivity contribution is 5.85. The molecule has 2 aliphatic rings. The van der Waals surface area contributed by atoms with Crippen LogP contribution in [0.5, 0.6) is 0 Å². The van der Waals surface area contributed by atoms with Crippen LogP contribution in [0.4, 0.5) is 0 Å². The second-order valence-electron chi connectivity index (χ2n) is 6.89. The van der Waals surface area contributed by atoms with Crippen LogP contribution in [0.25, 0.3) is 0 Å². The number of nitrogens with zero attached hydrogens (tertiary/aromatic N) is 3. The summed E-state index contributed by atoms with van der Waals surface area (Å²) >= 11 is 0. The lowest BCUT2D eigenvalue weighted by Gasteiger charge is -2.35. The summed E-state index contributed by atoms with van der Waals surface area (Å²) in [4.78, 5) is 19.1. The maximum atomic E-state index is 12.4. The van der Waals surface area contributed by atoms with Crippen molar-refractivity contribution in [1.29, 1.82) is 0 Å². The number of carbonyl (C=O) groups is 1. The van der Waals surface area contributed by atoms with Crippen molar-refractivity contribution in [3.05, 3.63) is 18.2 Å². The van der Waals surface area contributed by atoms with Gasteiger partial charge in [-0.15, -0.1) is 12.4 Å². The summed E-state index contributed by atoms with van der Waals surface area (Å²) in [6.07, 6.45) is 10.3. The molecule has 1 atom stereocenters. The summed E-state index contributed by atoms with van der Waals surface area (Å²) in [5.74, 6) is 1.86. The van der Waals surface area contributed by atoms with Crippen molar-refractivity contribution in [2.75, 3.05) is 32.7 Å². The number of aryl methyl sites for hydroxylation is 1. The predicted octanol–water partition coefficient (Wildman–Crippen LogP) is 1.48. The second-order valence-corrected chi connectivity index (χ2v) is 6.89. The fourth-order valence-corrected chi connectivity index (χ4v) is 3.78. The zero-order chi connectivity index (χ0) is 16.1. The summed E-state index contributed by atoms with van der Waals surface area (Å²) in [7, 11) is 2.01. The van der Waals surface area contributed by atoms with Gasteiger partial charge in [0.25, 0.3) is 0 Å². The van der Waals surface area contributed by atoms with E-state index in [1.165, 1.54) is 32.1 Å². The number of piperazine rings is 1. The largest absolute Gasteiger partial charge is 0.355 e. The summed E-state index contributed by atoms with van der Waals surface area (Å²) in [5, 5.41) is 6.56. The van der Waals surface area contributed by atoms with Gasteiger partial charge in [0, 0.05) is 45.6 Å². The van der Waals surface area contributed by atoms with E-state index in [-0.39, 0.29) is 24.4 Å². The quantitative estimate of drug-likeness (QED) is 0.840. The highest BCUT2D eigenvalue weighted by Crippen LogP contribution is 2.23. The normalized spacial score (nSPS) is 22.8. The minimum Gasteiger partial charge on any atom is -0.355 e. The molecule has 1 unspecified atom stereocenters. The zero-order valence-corrected chi connectivity index (χ0v) is 15.4. The molecule has 1 aliphatic heterocycles. The summed E-state index contributed by atoms with van der Waals surface area (Å²) in [5.41, 5.74) is 0. The molecule has 2 heterocycles.